The number of carbonyl (C=O) groups excluding carboxylic acids is 4. The maximum Gasteiger partial charge on any atom is 0.472 e. The molecule has 0 bridgehead atoms. The fourth-order valence-corrected chi connectivity index (χ4v) is 13.5. The van der Waals surface area contributed by atoms with E-state index in [4.69, 9.17) is 37.0 Å². The summed E-state index contributed by atoms with van der Waals surface area (Å²) in [6.07, 6.45) is 52.7. The molecule has 3 N–H and O–H groups in total. The molecule has 0 aromatic heterocycles. The second kappa shape index (κ2) is 67.2. The number of aliphatic hydroxyl groups is 1. The van der Waals surface area contributed by atoms with Crippen molar-refractivity contribution in [2.45, 2.75) is 414 Å². The number of carbonyl (C=O) groups is 4. The van der Waals surface area contributed by atoms with E-state index in [0.717, 1.165) is 114 Å². The van der Waals surface area contributed by atoms with Gasteiger partial charge in [-0.05, 0) is 49.4 Å². The van der Waals surface area contributed by atoms with Gasteiger partial charge in [-0.3, -0.25) is 37.3 Å². The molecule has 0 saturated carbocycles. The van der Waals surface area contributed by atoms with Crippen LogP contribution in [0.2, 0.25) is 0 Å². The van der Waals surface area contributed by atoms with E-state index >= 15 is 0 Å². The minimum absolute atomic E-state index is 0.106. The molecular formula is C78H152O17P2. The Labute approximate surface area is 594 Å². The first-order valence-corrected chi connectivity index (χ1v) is 43.2. The molecule has 5 atom stereocenters. The minimum Gasteiger partial charge on any atom is -0.462 e. The van der Waals surface area contributed by atoms with Gasteiger partial charge in [0.2, 0.25) is 0 Å². The SMILES string of the molecule is CC(C)CCCCCCCCCCCCCCCC(=O)OC[C@H](COP(=O)(O)OCC(O)COP(=O)(O)OC[C@@H](COC(=O)CCCCCCCCCC(C)C)OC(=O)CCCCCCCCCCCCCCCC(C)C)OC(=O)CCCCCCCCCCCCCCC(C)C. The van der Waals surface area contributed by atoms with Crippen LogP contribution in [0.4, 0.5) is 0 Å². The molecule has 0 aliphatic rings. The summed E-state index contributed by atoms with van der Waals surface area (Å²) in [5.41, 5.74) is 0. The number of ether oxygens (including phenoxy) is 4. The summed E-state index contributed by atoms with van der Waals surface area (Å²) in [6, 6.07) is 0. The molecule has 0 spiro atoms. The molecule has 0 radical (unpaired) electrons. The maximum absolute atomic E-state index is 13.1. The normalized spacial score (nSPS) is 14.1. The smallest absolute Gasteiger partial charge is 0.462 e. The summed E-state index contributed by atoms with van der Waals surface area (Å²) in [4.78, 5) is 72.9. The van der Waals surface area contributed by atoms with Crippen LogP contribution in [0.25, 0.3) is 0 Å². The lowest BCUT2D eigenvalue weighted by Gasteiger charge is -2.21. The van der Waals surface area contributed by atoms with Gasteiger partial charge in [-0.25, -0.2) is 9.13 Å². The molecule has 0 heterocycles. The van der Waals surface area contributed by atoms with Crippen molar-refractivity contribution in [3.8, 4) is 0 Å². The number of unbranched alkanes of at least 4 members (excludes halogenated alkanes) is 41. The van der Waals surface area contributed by atoms with Gasteiger partial charge in [-0.1, -0.05) is 344 Å². The molecule has 97 heavy (non-hydrogen) atoms. The fourth-order valence-electron chi connectivity index (χ4n) is 11.9. The van der Waals surface area contributed by atoms with Crippen molar-refractivity contribution in [2.75, 3.05) is 39.6 Å². The van der Waals surface area contributed by atoms with Crippen LogP contribution in [0.15, 0.2) is 0 Å². The molecule has 0 aliphatic heterocycles. The predicted molar refractivity (Wildman–Crippen MR) is 395 cm³/mol. The number of esters is 4. The number of aliphatic hydroxyl groups excluding tert-OH is 1. The van der Waals surface area contributed by atoms with E-state index in [1.165, 1.54) is 193 Å². The first-order valence-electron chi connectivity index (χ1n) is 40.2. The first kappa shape index (κ1) is 95.1. The Morgan fingerprint density at radius 1 is 0.258 bits per heavy atom. The zero-order valence-corrected chi connectivity index (χ0v) is 65.5. The van der Waals surface area contributed by atoms with Crippen molar-refractivity contribution in [3.63, 3.8) is 0 Å². The molecule has 0 aromatic carbocycles. The van der Waals surface area contributed by atoms with E-state index in [-0.39, 0.29) is 25.7 Å². The Kier molecular flexibility index (Phi) is 65.9. The second-order valence-electron chi connectivity index (χ2n) is 30.0. The van der Waals surface area contributed by atoms with Crippen molar-refractivity contribution in [3.05, 3.63) is 0 Å². The van der Waals surface area contributed by atoms with Gasteiger partial charge in [0.05, 0.1) is 26.4 Å². The summed E-state index contributed by atoms with van der Waals surface area (Å²) in [5, 5.41) is 10.6. The van der Waals surface area contributed by atoms with Crippen molar-refractivity contribution < 1.29 is 80.2 Å². The Morgan fingerprint density at radius 2 is 0.433 bits per heavy atom. The lowest BCUT2D eigenvalue weighted by atomic mass is 10.0. The molecule has 0 aromatic rings. The highest BCUT2D eigenvalue weighted by molar-refractivity contribution is 7.47. The molecule has 17 nitrogen and oxygen atoms in total. The molecule has 0 fully saturated rings. The number of phosphoric ester groups is 2. The van der Waals surface area contributed by atoms with Crippen LogP contribution in [-0.4, -0.2) is 96.7 Å². The molecular weight excluding hydrogens is 1270 g/mol. The minimum atomic E-state index is -4.96. The molecule has 0 rings (SSSR count). The Hall–Kier alpha value is -1.94. The monoisotopic (exact) mass is 1420 g/mol. The standard InChI is InChI=1S/C78H152O17P2/c1-68(2)54-46-38-30-23-17-11-9-13-20-26-34-42-50-58-75(80)88-64-73(94-78(83)61-53-45-36-28-22-16-15-19-25-32-40-48-56-70(5)6)66-92-96(84,85)90-62-72(79)63-91-97(86,87)93-67-74(65-89-76(81)59-51-43-37-29-33-41-49-57-71(7)8)95-77(82)60-52-44-35-27-21-14-10-12-18-24-31-39-47-55-69(3)4/h68-74,79H,9-67H2,1-8H3,(H,84,85)(H,86,87)/t72?,73-,74-/m1/s1. The van der Waals surface area contributed by atoms with Gasteiger partial charge in [0, 0.05) is 25.7 Å². The molecule has 0 saturated heterocycles. The Balaban J connectivity index is 5.25. The lowest BCUT2D eigenvalue weighted by Crippen LogP contribution is -2.30. The lowest BCUT2D eigenvalue weighted by molar-refractivity contribution is -0.161. The second-order valence-corrected chi connectivity index (χ2v) is 32.9. The van der Waals surface area contributed by atoms with Gasteiger partial charge in [-0.2, -0.15) is 0 Å². The van der Waals surface area contributed by atoms with Crippen LogP contribution in [-0.2, 0) is 65.4 Å². The largest absolute Gasteiger partial charge is 0.472 e. The van der Waals surface area contributed by atoms with Crippen LogP contribution in [0.5, 0.6) is 0 Å². The molecule has 0 amide bonds. The highest BCUT2D eigenvalue weighted by atomic mass is 31.2. The summed E-state index contributed by atoms with van der Waals surface area (Å²) >= 11 is 0. The summed E-state index contributed by atoms with van der Waals surface area (Å²) < 4.78 is 68.6. The predicted octanol–water partition coefficient (Wildman–Crippen LogP) is 22.8. The van der Waals surface area contributed by atoms with Crippen LogP contribution in [0, 0.1) is 23.7 Å². The van der Waals surface area contributed by atoms with Gasteiger partial charge in [0.25, 0.3) is 0 Å². The quantitative estimate of drug-likeness (QED) is 0.0222. The highest BCUT2D eigenvalue weighted by Gasteiger charge is 2.30. The zero-order valence-electron chi connectivity index (χ0n) is 63.7. The maximum atomic E-state index is 13.1. The third-order valence-corrected chi connectivity index (χ3v) is 20.0. The van der Waals surface area contributed by atoms with E-state index < -0.39 is 97.5 Å². The van der Waals surface area contributed by atoms with Crippen molar-refractivity contribution in [1.82, 2.24) is 0 Å². The molecule has 19 heteroatoms. The summed E-state index contributed by atoms with van der Waals surface area (Å²) in [7, 11) is -9.92. The average Bonchev–Trinajstić information content (AvgIpc) is 1.83. The van der Waals surface area contributed by atoms with Crippen molar-refractivity contribution in [1.29, 1.82) is 0 Å². The Morgan fingerprint density at radius 3 is 0.639 bits per heavy atom. The third kappa shape index (κ3) is 72.2. The molecule has 0 aliphatic carbocycles. The topological polar surface area (TPSA) is 237 Å². The average molecular weight is 1420 g/mol. The van der Waals surface area contributed by atoms with Gasteiger partial charge in [0.1, 0.15) is 19.3 Å². The number of phosphoric acid groups is 2. The first-order chi connectivity index (χ1) is 46.6. The zero-order chi connectivity index (χ0) is 71.7. The molecule has 3 unspecified atom stereocenters. The highest BCUT2D eigenvalue weighted by Crippen LogP contribution is 2.45. The Bertz CT molecular complexity index is 1900. The van der Waals surface area contributed by atoms with Crippen LogP contribution >= 0.6 is 15.6 Å². The van der Waals surface area contributed by atoms with Gasteiger partial charge in [-0.15, -0.1) is 0 Å². The van der Waals surface area contributed by atoms with Crippen LogP contribution in [0.3, 0.4) is 0 Å². The van der Waals surface area contributed by atoms with E-state index in [1.54, 1.807) is 0 Å². The number of rotatable bonds is 75. The summed E-state index contributed by atoms with van der Waals surface area (Å²) in [6.45, 7) is 14.2. The fraction of sp³-hybridized carbons (Fsp3) is 0.949. The number of hydrogen-bond donors (Lipinski definition) is 3. The van der Waals surface area contributed by atoms with Crippen molar-refractivity contribution in [2.24, 2.45) is 23.7 Å². The third-order valence-electron chi connectivity index (χ3n) is 18.1. The van der Waals surface area contributed by atoms with Gasteiger partial charge in [0.15, 0.2) is 12.2 Å². The van der Waals surface area contributed by atoms with Crippen LogP contribution < -0.4 is 0 Å². The van der Waals surface area contributed by atoms with E-state index in [1.807, 2.05) is 0 Å². The van der Waals surface area contributed by atoms with E-state index in [2.05, 4.69) is 55.4 Å². The number of hydrogen-bond acceptors (Lipinski definition) is 15. The van der Waals surface area contributed by atoms with Crippen LogP contribution in [0.1, 0.15) is 396 Å². The van der Waals surface area contributed by atoms with E-state index in [0.29, 0.717) is 31.6 Å². The van der Waals surface area contributed by atoms with Crippen molar-refractivity contribution >= 4 is 39.5 Å². The molecule has 576 valence electrons. The summed E-state index contributed by atoms with van der Waals surface area (Å²) in [5.74, 6) is 0.942. The van der Waals surface area contributed by atoms with Gasteiger partial charge < -0.3 is 33.8 Å². The van der Waals surface area contributed by atoms with Gasteiger partial charge >= 0.3 is 39.5 Å². The van der Waals surface area contributed by atoms with E-state index in [9.17, 15) is 43.2 Å².